The van der Waals surface area contributed by atoms with E-state index >= 15 is 0 Å². The number of nitrogens with zero attached hydrogens (tertiary/aromatic N) is 4. The molecule has 0 spiro atoms. The molecule has 0 aromatic carbocycles. The number of aromatic nitrogens is 3. The Hall–Kier alpha value is -2.50. The average molecular weight is 257 g/mol. The Balaban J connectivity index is 2.22. The smallest absolute Gasteiger partial charge is 0.278 e. The lowest BCUT2D eigenvalue weighted by molar-refractivity contribution is 0.0988. The summed E-state index contributed by atoms with van der Waals surface area (Å²) in [6.45, 7) is 2.69. The van der Waals surface area contributed by atoms with Crippen LogP contribution in [0.2, 0.25) is 0 Å². The van der Waals surface area contributed by atoms with E-state index in [0.29, 0.717) is 11.5 Å². The molecule has 0 saturated heterocycles. The van der Waals surface area contributed by atoms with E-state index in [0.717, 1.165) is 12.2 Å². The standard InChI is InChI=1S/C13H15N5O/c1-3-16-12-9-15-8-11(17-12)13(19)18(2)10-4-6-14-7-5-10/h4-9H,3H2,1-2H3,(H,16,17). The van der Waals surface area contributed by atoms with Gasteiger partial charge in [0.1, 0.15) is 11.5 Å². The second kappa shape index (κ2) is 5.90. The van der Waals surface area contributed by atoms with Crippen LogP contribution in [0.5, 0.6) is 0 Å². The van der Waals surface area contributed by atoms with Crippen molar-refractivity contribution < 1.29 is 4.79 Å². The van der Waals surface area contributed by atoms with Crippen molar-refractivity contribution in [2.24, 2.45) is 0 Å². The molecule has 2 heterocycles. The SMILES string of the molecule is CCNc1cncc(C(=O)N(C)c2ccncc2)n1. The minimum Gasteiger partial charge on any atom is -0.369 e. The van der Waals surface area contributed by atoms with Crippen molar-refractivity contribution in [3.63, 3.8) is 0 Å². The van der Waals surface area contributed by atoms with Gasteiger partial charge in [0.25, 0.3) is 5.91 Å². The van der Waals surface area contributed by atoms with Gasteiger partial charge in [-0.1, -0.05) is 0 Å². The second-order valence-electron chi connectivity index (χ2n) is 3.89. The lowest BCUT2D eigenvalue weighted by Gasteiger charge is -2.16. The largest absolute Gasteiger partial charge is 0.369 e. The van der Waals surface area contributed by atoms with E-state index in [4.69, 9.17) is 0 Å². The molecule has 0 bridgehead atoms. The van der Waals surface area contributed by atoms with Gasteiger partial charge >= 0.3 is 0 Å². The fourth-order valence-corrected chi connectivity index (χ4v) is 1.59. The van der Waals surface area contributed by atoms with Crippen LogP contribution in [0.3, 0.4) is 0 Å². The molecule has 2 aromatic rings. The molecule has 0 aliphatic rings. The highest BCUT2D eigenvalue weighted by Gasteiger charge is 2.15. The molecule has 1 amide bonds. The number of amides is 1. The molecule has 2 aromatic heterocycles. The van der Waals surface area contributed by atoms with Crippen molar-refractivity contribution in [1.82, 2.24) is 15.0 Å². The highest BCUT2D eigenvalue weighted by Crippen LogP contribution is 2.13. The topological polar surface area (TPSA) is 71.0 Å². The summed E-state index contributed by atoms with van der Waals surface area (Å²) in [6.07, 6.45) is 6.33. The molecular weight excluding hydrogens is 242 g/mol. The fraction of sp³-hybridized carbons (Fsp3) is 0.231. The minimum atomic E-state index is -0.210. The predicted molar refractivity (Wildman–Crippen MR) is 73.2 cm³/mol. The Morgan fingerprint density at radius 2 is 2.00 bits per heavy atom. The molecule has 0 aliphatic carbocycles. The minimum absolute atomic E-state index is 0.210. The zero-order valence-corrected chi connectivity index (χ0v) is 10.9. The van der Waals surface area contributed by atoms with Gasteiger partial charge in [-0.3, -0.25) is 14.8 Å². The first-order valence-electron chi connectivity index (χ1n) is 5.96. The summed E-state index contributed by atoms with van der Waals surface area (Å²) in [4.78, 5) is 26.0. The molecule has 1 N–H and O–H groups in total. The van der Waals surface area contributed by atoms with Gasteiger partial charge in [0.2, 0.25) is 0 Å². The molecule has 0 fully saturated rings. The van der Waals surface area contributed by atoms with E-state index in [9.17, 15) is 4.79 Å². The van der Waals surface area contributed by atoms with Crippen LogP contribution in [0, 0.1) is 0 Å². The quantitative estimate of drug-likeness (QED) is 0.900. The number of carbonyl (C=O) groups is 1. The van der Waals surface area contributed by atoms with Gasteiger partial charge in [0.15, 0.2) is 0 Å². The number of carbonyl (C=O) groups excluding carboxylic acids is 1. The third-order valence-electron chi connectivity index (χ3n) is 2.57. The molecule has 0 saturated carbocycles. The number of anilines is 2. The van der Waals surface area contributed by atoms with E-state index in [1.165, 1.54) is 11.1 Å². The Morgan fingerprint density at radius 3 is 2.68 bits per heavy atom. The van der Waals surface area contributed by atoms with Gasteiger partial charge in [0, 0.05) is 31.7 Å². The van der Waals surface area contributed by atoms with Crippen LogP contribution in [-0.4, -0.2) is 34.5 Å². The first-order chi connectivity index (χ1) is 9.22. The number of hydrogen-bond donors (Lipinski definition) is 1. The van der Waals surface area contributed by atoms with E-state index in [1.54, 1.807) is 37.8 Å². The van der Waals surface area contributed by atoms with E-state index in [2.05, 4.69) is 20.3 Å². The van der Waals surface area contributed by atoms with Crippen LogP contribution in [0.15, 0.2) is 36.9 Å². The molecule has 19 heavy (non-hydrogen) atoms. The third kappa shape index (κ3) is 3.04. The maximum atomic E-state index is 12.3. The highest BCUT2D eigenvalue weighted by molar-refractivity contribution is 6.04. The monoisotopic (exact) mass is 257 g/mol. The van der Waals surface area contributed by atoms with Gasteiger partial charge in [0.05, 0.1) is 12.4 Å². The first kappa shape index (κ1) is 12.9. The van der Waals surface area contributed by atoms with Gasteiger partial charge in [-0.2, -0.15) is 0 Å². The van der Waals surface area contributed by atoms with Gasteiger partial charge in [-0.05, 0) is 19.1 Å². The van der Waals surface area contributed by atoms with Crippen molar-refractivity contribution in [3.05, 3.63) is 42.6 Å². The molecule has 0 radical (unpaired) electrons. The van der Waals surface area contributed by atoms with Crippen molar-refractivity contribution in [3.8, 4) is 0 Å². The van der Waals surface area contributed by atoms with Crippen LogP contribution >= 0.6 is 0 Å². The maximum absolute atomic E-state index is 12.3. The molecule has 0 unspecified atom stereocenters. The first-order valence-corrected chi connectivity index (χ1v) is 5.96. The van der Waals surface area contributed by atoms with Crippen molar-refractivity contribution in [2.75, 3.05) is 23.8 Å². The van der Waals surface area contributed by atoms with Crippen LogP contribution in [0.4, 0.5) is 11.5 Å². The molecule has 2 rings (SSSR count). The Morgan fingerprint density at radius 1 is 1.26 bits per heavy atom. The predicted octanol–water partition coefficient (Wildman–Crippen LogP) is 1.58. The van der Waals surface area contributed by atoms with Crippen LogP contribution < -0.4 is 10.2 Å². The lowest BCUT2D eigenvalue weighted by Crippen LogP contribution is -2.27. The second-order valence-corrected chi connectivity index (χ2v) is 3.89. The molecule has 6 nitrogen and oxygen atoms in total. The van der Waals surface area contributed by atoms with Crippen LogP contribution in [0.1, 0.15) is 17.4 Å². The highest BCUT2D eigenvalue weighted by atomic mass is 16.2. The van der Waals surface area contributed by atoms with Gasteiger partial charge in [-0.25, -0.2) is 4.98 Å². The molecule has 0 aliphatic heterocycles. The van der Waals surface area contributed by atoms with Crippen molar-refractivity contribution in [2.45, 2.75) is 6.92 Å². The zero-order chi connectivity index (χ0) is 13.7. The molecule has 98 valence electrons. The summed E-state index contributed by atoms with van der Waals surface area (Å²) in [5.41, 5.74) is 1.06. The van der Waals surface area contributed by atoms with Gasteiger partial charge < -0.3 is 10.2 Å². The van der Waals surface area contributed by atoms with E-state index in [1.807, 2.05) is 6.92 Å². The Bertz CT molecular complexity index is 558. The van der Waals surface area contributed by atoms with E-state index < -0.39 is 0 Å². The van der Waals surface area contributed by atoms with E-state index in [-0.39, 0.29) is 5.91 Å². The summed E-state index contributed by atoms with van der Waals surface area (Å²) in [6, 6.07) is 3.53. The fourth-order valence-electron chi connectivity index (χ4n) is 1.59. The molecule has 0 atom stereocenters. The van der Waals surface area contributed by atoms with Crippen molar-refractivity contribution >= 4 is 17.4 Å². The number of pyridine rings is 1. The normalized spacial score (nSPS) is 10.0. The Labute approximate surface area is 111 Å². The van der Waals surface area contributed by atoms with Gasteiger partial charge in [-0.15, -0.1) is 0 Å². The molecular formula is C13H15N5O. The summed E-state index contributed by atoms with van der Waals surface area (Å²) >= 11 is 0. The maximum Gasteiger partial charge on any atom is 0.278 e. The zero-order valence-electron chi connectivity index (χ0n) is 10.9. The average Bonchev–Trinajstić information content (AvgIpc) is 2.47. The summed E-state index contributed by atoms with van der Waals surface area (Å²) in [5, 5.41) is 3.03. The third-order valence-corrected chi connectivity index (χ3v) is 2.57. The summed E-state index contributed by atoms with van der Waals surface area (Å²) < 4.78 is 0. The number of rotatable bonds is 4. The summed E-state index contributed by atoms with van der Waals surface area (Å²) in [5.74, 6) is 0.384. The number of hydrogen-bond acceptors (Lipinski definition) is 5. The molecule has 6 heteroatoms. The summed E-state index contributed by atoms with van der Waals surface area (Å²) in [7, 11) is 1.69. The van der Waals surface area contributed by atoms with Crippen LogP contribution in [0.25, 0.3) is 0 Å². The van der Waals surface area contributed by atoms with Crippen LogP contribution in [-0.2, 0) is 0 Å². The lowest BCUT2D eigenvalue weighted by atomic mass is 10.3. The Kier molecular flexibility index (Phi) is 4.02. The number of nitrogens with one attached hydrogen (secondary N) is 1. The van der Waals surface area contributed by atoms with Crippen molar-refractivity contribution in [1.29, 1.82) is 0 Å².